The molecule has 2 aromatic rings. The van der Waals surface area contributed by atoms with Crippen molar-refractivity contribution in [1.82, 2.24) is 19.8 Å². The Labute approximate surface area is 151 Å². The van der Waals surface area contributed by atoms with Crippen LogP contribution in [0.2, 0.25) is 5.02 Å². The molecule has 0 bridgehead atoms. The van der Waals surface area contributed by atoms with Gasteiger partial charge >= 0.3 is 0 Å². The SMILES string of the molecule is CN1CCN(C(=O)c2nc(SCc3ccccc3)ncc2Cl)CC1. The molecule has 7 heteroatoms. The van der Waals surface area contributed by atoms with Crippen LogP contribution in [0.5, 0.6) is 0 Å². The van der Waals surface area contributed by atoms with Gasteiger partial charge in [-0.1, -0.05) is 53.7 Å². The van der Waals surface area contributed by atoms with Crippen molar-refractivity contribution in [2.24, 2.45) is 0 Å². The number of thioether (sulfide) groups is 1. The van der Waals surface area contributed by atoms with Crippen molar-refractivity contribution in [3.8, 4) is 0 Å². The van der Waals surface area contributed by atoms with Gasteiger partial charge in [0.25, 0.3) is 5.91 Å². The van der Waals surface area contributed by atoms with Gasteiger partial charge in [-0.2, -0.15) is 0 Å². The number of carbonyl (C=O) groups is 1. The Morgan fingerprint density at radius 3 is 2.62 bits per heavy atom. The summed E-state index contributed by atoms with van der Waals surface area (Å²) >= 11 is 7.66. The predicted octanol–water partition coefficient (Wildman–Crippen LogP) is 2.81. The summed E-state index contributed by atoms with van der Waals surface area (Å²) in [4.78, 5) is 25.3. The van der Waals surface area contributed by atoms with Crippen LogP contribution in [0.15, 0.2) is 41.7 Å². The molecule has 126 valence electrons. The predicted molar refractivity (Wildman–Crippen MR) is 96.4 cm³/mol. The summed E-state index contributed by atoms with van der Waals surface area (Å²) in [6, 6.07) is 10.1. The number of rotatable bonds is 4. The van der Waals surface area contributed by atoms with Crippen molar-refractivity contribution in [1.29, 1.82) is 0 Å². The van der Waals surface area contributed by atoms with Gasteiger partial charge < -0.3 is 9.80 Å². The molecule has 1 aromatic heterocycles. The van der Waals surface area contributed by atoms with E-state index in [1.54, 1.807) is 4.90 Å². The van der Waals surface area contributed by atoms with E-state index in [0.29, 0.717) is 29.0 Å². The van der Waals surface area contributed by atoms with E-state index >= 15 is 0 Å². The van der Waals surface area contributed by atoms with E-state index in [1.165, 1.54) is 23.5 Å². The molecule has 24 heavy (non-hydrogen) atoms. The highest BCUT2D eigenvalue weighted by Gasteiger charge is 2.24. The van der Waals surface area contributed by atoms with Crippen LogP contribution in [-0.2, 0) is 5.75 Å². The number of piperazine rings is 1. The molecule has 2 heterocycles. The molecular weight excluding hydrogens is 344 g/mol. The standard InChI is InChI=1S/C17H19ClN4OS/c1-21-7-9-22(10-8-21)16(23)15-14(18)11-19-17(20-15)24-12-13-5-3-2-4-6-13/h2-6,11H,7-10,12H2,1H3. The van der Waals surface area contributed by atoms with E-state index in [9.17, 15) is 4.79 Å². The fourth-order valence-electron chi connectivity index (χ4n) is 2.45. The van der Waals surface area contributed by atoms with Gasteiger partial charge in [0.1, 0.15) is 0 Å². The Hall–Kier alpha value is -1.63. The minimum atomic E-state index is -0.114. The molecule has 1 aliphatic rings. The molecule has 1 aliphatic heterocycles. The molecule has 0 spiro atoms. The second-order valence-corrected chi connectivity index (χ2v) is 7.07. The maximum atomic E-state index is 12.7. The van der Waals surface area contributed by atoms with Gasteiger partial charge in [-0.15, -0.1) is 0 Å². The summed E-state index contributed by atoms with van der Waals surface area (Å²) in [6.45, 7) is 3.12. The van der Waals surface area contributed by atoms with Crippen LogP contribution < -0.4 is 0 Å². The smallest absolute Gasteiger partial charge is 0.274 e. The first kappa shape index (κ1) is 17.2. The molecule has 3 rings (SSSR count). The maximum Gasteiger partial charge on any atom is 0.274 e. The molecule has 0 aliphatic carbocycles. The quantitative estimate of drug-likeness (QED) is 0.618. The van der Waals surface area contributed by atoms with Crippen LogP contribution in [0.3, 0.4) is 0 Å². The van der Waals surface area contributed by atoms with Gasteiger partial charge in [0, 0.05) is 31.9 Å². The summed E-state index contributed by atoms with van der Waals surface area (Å²) in [5, 5.41) is 0.878. The third kappa shape index (κ3) is 4.26. The first-order chi connectivity index (χ1) is 11.6. The number of nitrogens with zero attached hydrogens (tertiary/aromatic N) is 4. The molecule has 0 unspecified atom stereocenters. The number of aromatic nitrogens is 2. The molecule has 0 N–H and O–H groups in total. The zero-order chi connectivity index (χ0) is 16.9. The Bertz CT molecular complexity index is 705. The average molecular weight is 363 g/mol. The van der Waals surface area contributed by atoms with Crippen LogP contribution in [0.1, 0.15) is 16.1 Å². The van der Waals surface area contributed by atoms with Crippen molar-refractivity contribution in [3.63, 3.8) is 0 Å². The van der Waals surface area contributed by atoms with E-state index in [1.807, 2.05) is 18.2 Å². The summed E-state index contributed by atoms with van der Waals surface area (Å²) < 4.78 is 0. The van der Waals surface area contributed by atoms with Crippen molar-refractivity contribution < 1.29 is 4.79 Å². The van der Waals surface area contributed by atoms with Gasteiger partial charge in [0.05, 0.1) is 11.2 Å². The number of benzene rings is 1. The van der Waals surface area contributed by atoms with Crippen LogP contribution >= 0.6 is 23.4 Å². The molecule has 0 radical (unpaired) electrons. The zero-order valence-electron chi connectivity index (χ0n) is 13.5. The summed E-state index contributed by atoms with van der Waals surface area (Å²) in [5.41, 5.74) is 1.49. The maximum absolute atomic E-state index is 12.7. The molecule has 0 atom stereocenters. The van der Waals surface area contributed by atoms with Crippen molar-refractivity contribution in [2.45, 2.75) is 10.9 Å². The molecule has 1 aromatic carbocycles. The van der Waals surface area contributed by atoms with Crippen molar-refractivity contribution in [3.05, 3.63) is 52.8 Å². The first-order valence-electron chi connectivity index (χ1n) is 7.80. The highest BCUT2D eigenvalue weighted by atomic mass is 35.5. The van der Waals surface area contributed by atoms with Gasteiger partial charge in [-0.25, -0.2) is 9.97 Å². The molecule has 1 saturated heterocycles. The van der Waals surface area contributed by atoms with Gasteiger partial charge in [-0.3, -0.25) is 4.79 Å². The number of carbonyl (C=O) groups excluding carboxylic acids is 1. The number of amides is 1. The summed E-state index contributed by atoms with van der Waals surface area (Å²) in [7, 11) is 2.05. The lowest BCUT2D eigenvalue weighted by molar-refractivity contribution is 0.0657. The van der Waals surface area contributed by atoms with Gasteiger partial charge in [-0.05, 0) is 12.6 Å². The fourth-order valence-corrected chi connectivity index (χ4v) is 3.40. The van der Waals surface area contributed by atoms with Gasteiger partial charge in [0.2, 0.25) is 0 Å². The molecule has 1 fully saturated rings. The van der Waals surface area contributed by atoms with Crippen LogP contribution in [0.25, 0.3) is 0 Å². The van der Waals surface area contributed by atoms with Gasteiger partial charge in [0.15, 0.2) is 10.9 Å². The molecule has 5 nitrogen and oxygen atoms in total. The van der Waals surface area contributed by atoms with Crippen molar-refractivity contribution in [2.75, 3.05) is 33.2 Å². The normalized spacial score (nSPS) is 15.5. The highest BCUT2D eigenvalue weighted by Crippen LogP contribution is 2.23. The van der Waals surface area contributed by atoms with Crippen molar-refractivity contribution >= 4 is 29.3 Å². The Balaban J connectivity index is 1.70. The van der Waals surface area contributed by atoms with E-state index < -0.39 is 0 Å². The second kappa shape index (κ2) is 7.96. The monoisotopic (exact) mass is 362 g/mol. The minimum absolute atomic E-state index is 0.114. The third-order valence-corrected chi connectivity index (χ3v) is 5.13. The number of hydrogen-bond donors (Lipinski definition) is 0. The lowest BCUT2D eigenvalue weighted by Gasteiger charge is -2.32. The lowest BCUT2D eigenvalue weighted by Crippen LogP contribution is -2.47. The summed E-state index contributed by atoms with van der Waals surface area (Å²) in [5.74, 6) is 0.641. The Morgan fingerprint density at radius 1 is 1.21 bits per heavy atom. The summed E-state index contributed by atoms with van der Waals surface area (Å²) in [6.07, 6.45) is 1.52. The lowest BCUT2D eigenvalue weighted by atomic mass is 10.2. The zero-order valence-corrected chi connectivity index (χ0v) is 15.1. The largest absolute Gasteiger partial charge is 0.335 e. The average Bonchev–Trinajstić information content (AvgIpc) is 2.62. The number of likely N-dealkylation sites (N-methyl/N-ethyl adjacent to an activating group) is 1. The van der Waals surface area contributed by atoms with E-state index in [2.05, 4.69) is 34.0 Å². The van der Waals surface area contributed by atoms with Crippen LogP contribution in [0, 0.1) is 0 Å². The first-order valence-corrected chi connectivity index (χ1v) is 9.17. The fraction of sp³-hybridized carbons (Fsp3) is 0.353. The third-order valence-electron chi connectivity index (χ3n) is 3.93. The molecule has 1 amide bonds. The molecule has 0 saturated carbocycles. The highest BCUT2D eigenvalue weighted by molar-refractivity contribution is 7.98. The topological polar surface area (TPSA) is 49.3 Å². The van der Waals surface area contributed by atoms with E-state index in [0.717, 1.165) is 18.8 Å². The number of hydrogen-bond acceptors (Lipinski definition) is 5. The minimum Gasteiger partial charge on any atom is -0.335 e. The van der Waals surface area contributed by atoms with Crippen LogP contribution in [0.4, 0.5) is 0 Å². The van der Waals surface area contributed by atoms with E-state index in [4.69, 9.17) is 11.6 Å². The second-order valence-electron chi connectivity index (χ2n) is 5.72. The van der Waals surface area contributed by atoms with E-state index in [-0.39, 0.29) is 5.91 Å². The molecular formula is C17H19ClN4OS. The van der Waals surface area contributed by atoms with Crippen LogP contribution in [-0.4, -0.2) is 58.9 Å². The number of halogens is 1. The Morgan fingerprint density at radius 2 is 1.92 bits per heavy atom. The Kier molecular flexibility index (Phi) is 5.71.